The second-order valence-electron chi connectivity index (χ2n) is 3.18. The largest absolute Gasteiger partial charge is 0.361 e. The van der Waals surface area contributed by atoms with Crippen molar-refractivity contribution in [2.24, 2.45) is 0 Å². The standard InChI is InChI=1S/C11H12N2O/c14-8-12-6-5-9-7-13-11-4-2-1-3-10(9)11/h1-4,7-8,13H,5-6H2,(H,12,14). The maximum absolute atomic E-state index is 10.1. The molecule has 0 saturated carbocycles. The Kier molecular flexibility index (Phi) is 2.49. The highest BCUT2D eigenvalue weighted by atomic mass is 16.1. The van der Waals surface area contributed by atoms with Crippen molar-refractivity contribution >= 4 is 17.3 Å². The van der Waals surface area contributed by atoms with Crippen molar-refractivity contribution < 1.29 is 4.79 Å². The van der Waals surface area contributed by atoms with Crippen LogP contribution in [0.1, 0.15) is 5.56 Å². The maximum Gasteiger partial charge on any atom is 0.207 e. The van der Waals surface area contributed by atoms with E-state index in [0.29, 0.717) is 6.54 Å². The number of fused-ring (bicyclic) bond motifs is 1. The molecule has 1 amide bonds. The zero-order valence-electron chi connectivity index (χ0n) is 7.79. The summed E-state index contributed by atoms with van der Waals surface area (Å²) in [4.78, 5) is 13.3. The van der Waals surface area contributed by atoms with Gasteiger partial charge in [-0.1, -0.05) is 18.2 Å². The molecule has 0 radical (unpaired) electrons. The average molecular weight is 188 g/mol. The third-order valence-corrected chi connectivity index (χ3v) is 2.30. The molecule has 2 rings (SSSR count). The van der Waals surface area contributed by atoms with Crippen molar-refractivity contribution in [3.63, 3.8) is 0 Å². The number of hydrogen-bond donors (Lipinski definition) is 2. The van der Waals surface area contributed by atoms with Crippen LogP contribution >= 0.6 is 0 Å². The van der Waals surface area contributed by atoms with Gasteiger partial charge in [-0.3, -0.25) is 4.79 Å². The second kappa shape index (κ2) is 3.96. The van der Waals surface area contributed by atoms with E-state index in [1.807, 2.05) is 24.4 Å². The van der Waals surface area contributed by atoms with E-state index in [2.05, 4.69) is 16.4 Å². The monoisotopic (exact) mass is 188 g/mol. The Labute approximate surface area is 82.1 Å². The molecule has 1 aromatic heterocycles. The third-order valence-electron chi connectivity index (χ3n) is 2.30. The molecule has 1 heterocycles. The molecule has 0 saturated heterocycles. The van der Waals surface area contributed by atoms with E-state index < -0.39 is 0 Å². The fraction of sp³-hybridized carbons (Fsp3) is 0.182. The van der Waals surface area contributed by atoms with E-state index in [0.717, 1.165) is 18.3 Å². The van der Waals surface area contributed by atoms with Crippen LogP contribution in [0.15, 0.2) is 30.5 Å². The van der Waals surface area contributed by atoms with Crippen LogP contribution in [-0.2, 0) is 11.2 Å². The Morgan fingerprint density at radius 3 is 3.07 bits per heavy atom. The molecule has 2 N–H and O–H groups in total. The van der Waals surface area contributed by atoms with Crippen LogP contribution in [-0.4, -0.2) is 17.9 Å². The van der Waals surface area contributed by atoms with Crippen molar-refractivity contribution in [2.45, 2.75) is 6.42 Å². The molecule has 0 fully saturated rings. The summed E-state index contributed by atoms with van der Waals surface area (Å²) < 4.78 is 0. The van der Waals surface area contributed by atoms with Crippen LogP contribution in [0.5, 0.6) is 0 Å². The molecular weight excluding hydrogens is 176 g/mol. The number of carbonyl (C=O) groups is 1. The van der Waals surface area contributed by atoms with Gasteiger partial charge in [-0.2, -0.15) is 0 Å². The SMILES string of the molecule is O=CNCCc1c[nH]c2ccccc12. The zero-order chi connectivity index (χ0) is 9.80. The summed E-state index contributed by atoms with van der Waals surface area (Å²) in [7, 11) is 0. The zero-order valence-corrected chi connectivity index (χ0v) is 7.79. The first kappa shape index (κ1) is 8.81. The lowest BCUT2D eigenvalue weighted by molar-refractivity contribution is -0.109. The molecule has 0 bridgehead atoms. The normalized spacial score (nSPS) is 10.3. The van der Waals surface area contributed by atoms with Crippen LogP contribution in [0.4, 0.5) is 0 Å². The van der Waals surface area contributed by atoms with Gasteiger partial charge < -0.3 is 10.3 Å². The smallest absolute Gasteiger partial charge is 0.207 e. The van der Waals surface area contributed by atoms with Gasteiger partial charge in [0.15, 0.2) is 0 Å². The Hall–Kier alpha value is -1.77. The van der Waals surface area contributed by atoms with Gasteiger partial charge in [0, 0.05) is 23.6 Å². The van der Waals surface area contributed by atoms with Gasteiger partial charge in [0.2, 0.25) is 6.41 Å². The number of aromatic amines is 1. The first-order chi connectivity index (χ1) is 6.92. The molecule has 1 aromatic carbocycles. The van der Waals surface area contributed by atoms with Crippen molar-refractivity contribution in [1.29, 1.82) is 0 Å². The first-order valence-electron chi connectivity index (χ1n) is 4.64. The predicted octanol–water partition coefficient (Wildman–Crippen LogP) is 1.46. The number of para-hydroxylation sites is 1. The number of rotatable bonds is 4. The molecule has 3 heteroatoms. The van der Waals surface area contributed by atoms with E-state index in [1.54, 1.807) is 0 Å². The van der Waals surface area contributed by atoms with Crippen molar-refractivity contribution in [3.8, 4) is 0 Å². The number of amides is 1. The number of nitrogens with one attached hydrogen (secondary N) is 2. The van der Waals surface area contributed by atoms with Gasteiger partial charge >= 0.3 is 0 Å². The minimum atomic E-state index is 0.686. The number of benzene rings is 1. The van der Waals surface area contributed by atoms with Crippen molar-refractivity contribution in [2.75, 3.05) is 6.54 Å². The molecule has 0 spiro atoms. The fourth-order valence-electron chi connectivity index (χ4n) is 1.60. The molecule has 0 unspecified atom stereocenters. The summed E-state index contributed by atoms with van der Waals surface area (Å²) in [5.74, 6) is 0. The molecular formula is C11H12N2O. The van der Waals surface area contributed by atoms with Crippen molar-refractivity contribution in [3.05, 3.63) is 36.0 Å². The molecule has 0 atom stereocenters. The summed E-state index contributed by atoms with van der Waals surface area (Å²) in [6.45, 7) is 0.686. The lowest BCUT2D eigenvalue weighted by Gasteiger charge is -1.97. The molecule has 2 aromatic rings. The number of hydrogen-bond acceptors (Lipinski definition) is 1. The number of aromatic nitrogens is 1. The van der Waals surface area contributed by atoms with Gasteiger partial charge in [0.25, 0.3) is 0 Å². The summed E-state index contributed by atoms with van der Waals surface area (Å²) in [5, 5.41) is 3.89. The van der Waals surface area contributed by atoms with E-state index in [4.69, 9.17) is 0 Å². The summed E-state index contributed by atoms with van der Waals surface area (Å²) in [5.41, 5.74) is 2.39. The van der Waals surface area contributed by atoms with Gasteiger partial charge in [0.1, 0.15) is 0 Å². The lowest BCUT2D eigenvalue weighted by Crippen LogP contribution is -2.14. The Bertz CT molecular complexity index is 434. The predicted molar refractivity (Wildman–Crippen MR) is 56.1 cm³/mol. The van der Waals surface area contributed by atoms with E-state index in [-0.39, 0.29) is 0 Å². The minimum absolute atomic E-state index is 0.686. The fourth-order valence-corrected chi connectivity index (χ4v) is 1.60. The van der Waals surface area contributed by atoms with E-state index in [1.165, 1.54) is 10.9 Å². The van der Waals surface area contributed by atoms with Crippen LogP contribution in [0, 0.1) is 0 Å². The Morgan fingerprint density at radius 2 is 2.21 bits per heavy atom. The molecule has 72 valence electrons. The highest BCUT2D eigenvalue weighted by Crippen LogP contribution is 2.17. The van der Waals surface area contributed by atoms with Crippen LogP contribution in [0.25, 0.3) is 10.9 Å². The lowest BCUT2D eigenvalue weighted by atomic mass is 10.1. The Morgan fingerprint density at radius 1 is 1.36 bits per heavy atom. The third kappa shape index (κ3) is 1.62. The van der Waals surface area contributed by atoms with Gasteiger partial charge in [-0.25, -0.2) is 0 Å². The summed E-state index contributed by atoms with van der Waals surface area (Å²) in [6, 6.07) is 8.16. The highest BCUT2D eigenvalue weighted by Gasteiger charge is 2.01. The molecule has 0 aliphatic rings. The van der Waals surface area contributed by atoms with Crippen LogP contribution in [0.3, 0.4) is 0 Å². The second-order valence-corrected chi connectivity index (χ2v) is 3.18. The molecule has 0 aliphatic heterocycles. The minimum Gasteiger partial charge on any atom is -0.361 e. The quantitative estimate of drug-likeness (QED) is 0.553. The van der Waals surface area contributed by atoms with Crippen LogP contribution < -0.4 is 5.32 Å². The summed E-state index contributed by atoms with van der Waals surface area (Å²) >= 11 is 0. The van der Waals surface area contributed by atoms with Crippen molar-refractivity contribution in [1.82, 2.24) is 10.3 Å². The topological polar surface area (TPSA) is 44.9 Å². The average Bonchev–Trinajstić information content (AvgIpc) is 2.63. The van der Waals surface area contributed by atoms with Gasteiger partial charge in [0.05, 0.1) is 0 Å². The highest BCUT2D eigenvalue weighted by molar-refractivity contribution is 5.83. The summed E-state index contributed by atoms with van der Waals surface area (Å²) in [6.07, 6.45) is 3.59. The van der Waals surface area contributed by atoms with Gasteiger partial charge in [-0.05, 0) is 18.1 Å². The molecule has 3 nitrogen and oxygen atoms in total. The van der Waals surface area contributed by atoms with Gasteiger partial charge in [-0.15, -0.1) is 0 Å². The van der Waals surface area contributed by atoms with Crippen LogP contribution in [0.2, 0.25) is 0 Å². The van der Waals surface area contributed by atoms with E-state index >= 15 is 0 Å². The first-order valence-corrected chi connectivity index (χ1v) is 4.64. The number of H-pyrrole nitrogens is 1. The van der Waals surface area contributed by atoms with E-state index in [9.17, 15) is 4.79 Å². The molecule has 0 aliphatic carbocycles. The Balaban J connectivity index is 2.20. The maximum atomic E-state index is 10.1. The number of carbonyl (C=O) groups excluding carboxylic acids is 1. The molecule has 14 heavy (non-hydrogen) atoms.